The zero-order valence-corrected chi connectivity index (χ0v) is 20.6. The van der Waals surface area contributed by atoms with Crippen LogP contribution in [-0.4, -0.2) is 23.8 Å². The number of hydrogen-bond acceptors (Lipinski definition) is 3. The van der Waals surface area contributed by atoms with E-state index in [0.717, 1.165) is 28.7 Å². The molecule has 0 spiro atoms. The number of aliphatic carboxylic acids is 1. The van der Waals surface area contributed by atoms with Crippen molar-refractivity contribution in [2.45, 2.75) is 64.6 Å². The Hall–Kier alpha value is -2.37. The lowest BCUT2D eigenvalue weighted by atomic mass is 9.75. The van der Waals surface area contributed by atoms with Gasteiger partial charge in [-0.2, -0.15) is 0 Å². The fraction of sp³-hybridized carbons (Fsp3) is 0.444. The maximum Gasteiger partial charge on any atom is 0.341 e. The van der Waals surface area contributed by atoms with Gasteiger partial charge in [0.25, 0.3) is 0 Å². The minimum Gasteiger partial charge on any atom is -0.480 e. The minimum absolute atomic E-state index is 0.0604. The molecule has 0 unspecified atom stereocenters. The quantitative estimate of drug-likeness (QED) is 0.455. The van der Waals surface area contributed by atoms with Gasteiger partial charge in [0, 0.05) is 17.4 Å². The van der Waals surface area contributed by atoms with E-state index < -0.39 is 18.7 Å². The summed E-state index contributed by atoms with van der Waals surface area (Å²) in [6.45, 7) is 13.9. The third-order valence-corrected chi connectivity index (χ3v) is 6.60. The zero-order valence-electron chi connectivity index (χ0n) is 19.8. The number of carboxylic acid groups (broad SMARTS) is 1. The standard InChI is InChI=1S/C27H32ClFO4/c1-15(2)20-13-21(17-7-9-19(29)10-8-17)16(3)33-25(20)22-11-18(27(4,5)6)12-23(28)26(22)32-14-24(30)31/h7-12,16,20-21,25H,1,13-14H2,2-6H3,(H,30,31)/t16-,20+,21-,25-/m0/s1. The first-order valence-corrected chi connectivity index (χ1v) is 11.5. The topological polar surface area (TPSA) is 55.8 Å². The number of benzene rings is 2. The van der Waals surface area contributed by atoms with E-state index >= 15 is 0 Å². The van der Waals surface area contributed by atoms with Crippen molar-refractivity contribution in [3.05, 3.63) is 76.1 Å². The molecule has 0 bridgehead atoms. The highest BCUT2D eigenvalue weighted by molar-refractivity contribution is 6.32. The van der Waals surface area contributed by atoms with E-state index in [1.54, 1.807) is 12.1 Å². The predicted molar refractivity (Wildman–Crippen MR) is 129 cm³/mol. The lowest BCUT2D eigenvalue weighted by Crippen LogP contribution is -2.35. The SMILES string of the molecule is C=C(C)[C@H]1C[C@H](c2ccc(F)cc2)[C@H](C)O[C@@H]1c1cc(C(C)(C)C)cc(Cl)c1OCC(=O)O. The molecule has 3 rings (SSSR count). The van der Waals surface area contributed by atoms with E-state index in [0.29, 0.717) is 10.8 Å². The summed E-state index contributed by atoms with van der Waals surface area (Å²) in [5.41, 5.74) is 3.51. The first kappa shape index (κ1) is 25.3. The summed E-state index contributed by atoms with van der Waals surface area (Å²) in [5, 5.41) is 9.53. The molecule has 0 radical (unpaired) electrons. The molecular formula is C27H32ClFO4. The van der Waals surface area contributed by atoms with E-state index in [-0.39, 0.29) is 29.2 Å². The molecular weight excluding hydrogens is 443 g/mol. The molecule has 0 aromatic heterocycles. The van der Waals surface area contributed by atoms with Crippen molar-refractivity contribution in [1.29, 1.82) is 0 Å². The minimum atomic E-state index is -1.08. The van der Waals surface area contributed by atoms with Gasteiger partial charge in [0.05, 0.1) is 17.2 Å². The van der Waals surface area contributed by atoms with E-state index in [1.165, 1.54) is 12.1 Å². The van der Waals surface area contributed by atoms with Crippen LogP contribution in [0.5, 0.6) is 5.75 Å². The number of halogens is 2. The maximum absolute atomic E-state index is 13.5. The summed E-state index contributed by atoms with van der Waals surface area (Å²) < 4.78 is 25.7. The van der Waals surface area contributed by atoms with E-state index in [4.69, 9.17) is 21.1 Å². The van der Waals surface area contributed by atoms with Crippen LogP contribution in [0.4, 0.5) is 4.39 Å². The van der Waals surface area contributed by atoms with Gasteiger partial charge in [0.1, 0.15) is 11.6 Å². The molecule has 0 saturated carbocycles. The van der Waals surface area contributed by atoms with Crippen LogP contribution in [0.2, 0.25) is 5.02 Å². The second kappa shape index (κ2) is 9.86. The fourth-order valence-corrected chi connectivity index (χ4v) is 4.70. The molecule has 1 fully saturated rings. The molecule has 4 atom stereocenters. The van der Waals surface area contributed by atoms with Crippen LogP contribution in [0.15, 0.2) is 48.6 Å². The van der Waals surface area contributed by atoms with Crippen molar-refractivity contribution >= 4 is 17.6 Å². The number of carbonyl (C=O) groups is 1. The van der Waals surface area contributed by atoms with Gasteiger partial charge in [0.15, 0.2) is 6.61 Å². The van der Waals surface area contributed by atoms with Crippen LogP contribution in [-0.2, 0) is 14.9 Å². The van der Waals surface area contributed by atoms with Gasteiger partial charge in [0.2, 0.25) is 0 Å². The van der Waals surface area contributed by atoms with Gasteiger partial charge in [-0.1, -0.05) is 56.7 Å². The van der Waals surface area contributed by atoms with Gasteiger partial charge in [-0.15, -0.1) is 0 Å². The lowest BCUT2D eigenvalue weighted by molar-refractivity contribution is -0.139. The summed E-state index contributed by atoms with van der Waals surface area (Å²) >= 11 is 6.61. The molecule has 33 heavy (non-hydrogen) atoms. The number of ether oxygens (including phenoxy) is 2. The van der Waals surface area contributed by atoms with Gasteiger partial charge in [-0.25, -0.2) is 9.18 Å². The predicted octanol–water partition coefficient (Wildman–Crippen LogP) is 7.07. The van der Waals surface area contributed by atoms with E-state index in [9.17, 15) is 14.3 Å². The highest BCUT2D eigenvalue weighted by Gasteiger charge is 2.40. The van der Waals surface area contributed by atoms with Crippen molar-refractivity contribution in [1.82, 2.24) is 0 Å². The molecule has 6 heteroatoms. The Balaban J connectivity index is 2.07. The smallest absolute Gasteiger partial charge is 0.341 e. The molecule has 1 N–H and O–H groups in total. The van der Waals surface area contributed by atoms with Gasteiger partial charge >= 0.3 is 5.97 Å². The monoisotopic (exact) mass is 474 g/mol. The number of hydrogen-bond donors (Lipinski definition) is 1. The fourth-order valence-electron chi connectivity index (χ4n) is 4.42. The molecule has 1 saturated heterocycles. The Morgan fingerprint density at radius 1 is 1.27 bits per heavy atom. The summed E-state index contributed by atoms with van der Waals surface area (Å²) in [4.78, 5) is 11.2. The van der Waals surface area contributed by atoms with Crippen LogP contribution < -0.4 is 4.74 Å². The van der Waals surface area contributed by atoms with Gasteiger partial charge in [-0.05, 0) is 61.1 Å². The van der Waals surface area contributed by atoms with Crippen molar-refractivity contribution in [2.24, 2.45) is 5.92 Å². The first-order valence-electron chi connectivity index (χ1n) is 11.1. The highest BCUT2D eigenvalue weighted by atomic mass is 35.5. The third kappa shape index (κ3) is 5.77. The molecule has 4 nitrogen and oxygen atoms in total. The third-order valence-electron chi connectivity index (χ3n) is 6.32. The highest BCUT2D eigenvalue weighted by Crippen LogP contribution is 2.50. The molecule has 0 amide bonds. The Morgan fingerprint density at radius 2 is 1.91 bits per heavy atom. The summed E-state index contributed by atoms with van der Waals surface area (Å²) in [7, 11) is 0. The van der Waals surface area contributed by atoms with Gasteiger partial charge in [-0.3, -0.25) is 0 Å². The zero-order chi connectivity index (χ0) is 24.5. The van der Waals surface area contributed by atoms with Gasteiger partial charge < -0.3 is 14.6 Å². The summed E-state index contributed by atoms with van der Waals surface area (Å²) in [5.74, 6) is -1.02. The van der Waals surface area contributed by atoms with Crippen molar-refractivity contribution in [2.75, 3.05) is 6.61 Å². The average Bonchev–Trinajstić information content (AvgIpc) is 2.72. The van der Waals surface area contributed by atoms with Crippen LogP contribution >= 0.6 is 11.6 Å². The second-order valence-electron chi connectivity index (χ2n) is 9.92. The second-order valence-corrected chi connectivity index (χ2v) is 10.3. The van der Waals surface area contributed by atoms with Crippen molar-refractivity contribution in [3.8, 4) is 5.75 Å². The number of carboxylic acids is 1. The molecule has 2 aromatic carbocycles. The average molecular weight is 475 g/mol. The van der Waals surface area contributed by atoms with Crippen LogP contribution in [0.25, 0.3) is 0 Å². The molecule has 0 aliphatic carbocycles. The molecule has 178 valence electrons. The van der Waals surface area contributed by atoms with Crippen LogP contribution in [0.1, 0.15) is 69.8 Å². The normalized spacial score (nSPS) is 23.2. The molecule has 1 aliphatic rings. The largest absolute Gasteiger partial charge is 0.480 e. The molecule has 1 heterocycles. The molecule has 1 aliphatic heterocycles. The van der Waals surface area contributed by atoms with E-state index in [1.807, 2.05) is 26.0 Å². The Morgan fingerprint density at radius 3 is 2.45 bits per heavy atom. The van der Waals surface area contributed by atoms with Crippen LogP contribution in [0, 0.1) is 11.7 Å². The summed E-state index contributed by atoms with van der Waals surface area (Å²) in [6, 6.07) is 10.4. The first-order chi connectivity index (χ1) is 15.4. The van der Waals surface area contributed by atoms with Crippen LogP contribution in [0.3, 0.4) is 0 Å². The maximum atomic E-state index is 13.5. The van der Waals surface area contributed by atoms with E-state index in [2.05, 4.69) is 27.4 Å². The van der Waals surface area contributed by atoms with Crippen molar-refractivity contribution < 1.29 is 23.8 Å². The summed E-state index contributed by atoms with van der Waals surface area (Å²) in [6.07, 6.45) is 0.181. The molecule has 2 aromatic rings. The lowest BCUT2D eigenvalue weighted by Gasteiger charge is -2.42. The van der Waals surface area contributed by atoms with Crippen molar-refractivity contribution in [3.63, 3.8) is 0 Å². The Kier molecular flexibility index (Phi) is 7.55. The Bertz CT molecular complexity index is 1030. The Labute approximate surface area is 200 Å². The number of rotatable bonds is 6.